The lowest BCUT2D eigenvalue weighted by atomic mass is 10.1. The minimum atomic E-state index is -0.346. The van der Waals surface area contributed by atoms with Gasteiger partial charge in [-0.25, -0.2) is 15.1 Å². The van der Waals surface area contributed by atoms with Crippen LogP contribution in [0, 0.1) is 0 Å². The molecule has 9 heteroatoms. The van der Waals surface area contributed by atoms with Crippen LogP contribution in [0.1, 0.15) is 23.3 Å². The number of hydrogen-bond donors (Lipinski definition) is 1. The Hall–Kier alpha value is -2.97. The molecule has 2 aromatic heterocycles. The van der Waals surface area contributed by atoms with Crippen molar-refractivity contribution in [2.45, 2.75) is 18.9 Å². The Kier molecular flexibility index (Phi) is 4.69. The Balaban J connectivity index is 1.69. The lowest BCUT2D eigenvalue weighted by Crippen LogP contribution is -2.44. The third-order valence-corrected chi connectivity index (χ3v) is 3.67. The van der Waals surface area contributed by atoms with Crippen LogP contribution in [0.5, 0.6) is 11.8 Å². The van der Waals surface area contributed by atoms with Gasteiger partial charge in [0.05, 0.1) is 13.7 Å². The molecule has 1 amide bonds. The summed E-state index contributed by atoms with van der Waals surface area (Å²) < 4.78 is 11.0. The molecule has 0 spiro atoms. The van der Waals surface area contributed by atoms with Crippen LogP contribution in [0.15, 0.2) is 29.3 Å². The van der Waals surface area contributed by atoms with Crippen molar-refractivity contribution in [1.82, 2.24) is 25.1 Å². The maximum Gasteiger partial charge on any atom is 0.278 e. The molecule has 2 aromatic rings. The Morgan fingerprint density at radius 3 is 2.79 bits per heavy atom. The van der Waals surface area contributed by atoms with Crippen LogP contribution >= 0.6 is 0 Å². The molecular weight excluding hydrogens is 314 g/mol. The molecule has 9 nitrogen and oxygen atoms in total. The monoisotopic (exact) mass is 331 g/mol. The van der Waals surface area contributed by atoms with Crippen molar-refractivity contribution in [2.75, 3.05) is 20.2 Å². The average molecular weight is 331 g/mol. The fourth-order valence-electron chi connectivity index (χ4n) is 2.54. The van der Waals surface area contributed by atoms with Crippen molar-refractivity contribution in [1.29, 1.82) is 0 Å². The summed E-state index contributed by atoms with van der Waals surface area (Å²) >= 11 is 0. The summed E-state index contributed by atoms with van der Waals surface area (Å²) in [5.41, 5.74) is -0.145. The van der Waals surface area contributed by atoms with Gasteiger partial charge in [-0.1, -0.05) is 0 Å². The highest BCUT2D eigenvalue weighted by Gasteiger charge is 2.27. The van der Waals surface area contributed by atoms with Gasteiger partial charge in [0, 0.05) is 25.0 Å². The number of nitrogens with zero attached hydrogens (tertiary/aromatic N) is 4. The predicted molar refractivity (Wildman–Crippen MR) is 83.0 cm³/mol. The molecule has 0 unspecified atom stereocenters. The van der Waals surface area contributed by atoms with E-state index in [-0.39, 0.29) is 23.3 Å². The first-order chi connectivity index (χ1) is 11.7. The van der Waals surface area contributed by atoms with Crippen molar-refractivity contribution < 1.29 is 14.3 Å². The number of rotatable bonds is 4. The Morgan fingerprint density at radius 1 is 1.29 bits per heavy atom. The summed E-state index contributed by atoms with van der Waals surface area (Å²) in [5, 5.41) is 6.04. The number of aromatic amines is 1. The molecule has 126 valence electrons. The average Bonchev–Trinajstić information content (AvgIpc) is 2.62. The number of methoxy groups -OCH3 is 1. The molecule has 0 saturated carbocycles. The molecular formula is C15H17N5O4. The van der Waals surface area contributed by atoms with Gasteiger partial charge in [0.1, 0.15) is 11.8 Å². The summed E-state index contributed by atoms with van der Waals surface area (Å²) in [5.74, 6) is 0.371. The number of carbonyl (C=O) groups excluding carboxylic acids is 1. The van der Waals surface area contributed by atoms with Crippen molar-refractivity contribution in [3.05, 3.63) is 40.6 Å². The number of ether oxygens (including phenoxy) is 2. The molecule has 3 rings (SSSR count). The number of likely N-dealkylation sites (tertiary alicyclic amines) is 1. The molecule has 0 aromatic carbocycles. The summed E-state index contributed by atoms with van der Waals surface area (Å²) in [6, 6.07) is 2.69. The van der Waals surface area contributed by atoms with Crippen molar-refractivity contribution >= 4 is 5.91 Å². The fraction of sp³-hybridized carbons (Fsp3) is 0.400. The van der Waals surface area contributed by atoms with Crippen molar-refractivity contribution in [3.8, 4) is 11.8 Å². The van der Waals surface area contributed by atoms with E-state index in [0.29, 0.717) is 24.8 Å². The zero-order valence-electron chi connectivity index (χ0n) is 13.1. The Labute approximate surface area is 137 Å². The van der Waals surface area contributed by atoms with Crippen LogP contribution in [-0.2, 0) is 0 Å². The molecule has 1 saturated heterocycles. The molecule has 0 radical (unpaired) electrons. The molecule has 1 atom stereocenters. The topological polar surface area (TPSA) is 110 Å². The van der Waals surface area contributed by atoms with Gasteiger partial charge >= 0.3 is 0 Å². The molecule has 3 heterocycles. The quantitative estimate of drug-likeness (QED) is 0.855. The summed E-state index contributed by atoms with van der Waals surface area (Å²) in [6.45, 7) is 1.01. The lowest BCUT2D eigenvalue weighted by Gasteiger charge is -2.32. The summed E-state index contributed by atoms with van der Waals surface area (Å²) in [7, 11) is 1.50. The van der Waals surface area contributed by atoms with E-state index in [9.17, 15) is 9.59 Å². The van der Waals surface area contributed by atoms with E-state index in [0.717, 1.165) is 12.8 Å². The summed E-state index contributed by atoms with van der Waals surface area (Å²) in [6.07, 6.45) is 4.42. The minimum absolute atomic E-state index is 0.201. The van der Waals surface area contributed by atoms with E-state index in [4.69, 9.17) is 9.47 Å². The molecule has 1 aliphatic heterocycles. The second-order valence-corrected chi connectivity index (χ2v) is 5.31. The zero-order chi connectivity index (χ0) is 16.9. The number of H-pyrrole nitrogens is 1. The van der Waals surface area contributed by atoms with Crippen LogP contribution in [0.3, 0.4) is 0 Å². The second kappa shape index (κ2) is 7.07. The summed E-state index contributed by atoms with van der Waals surface area (Å²) in [4.78, 5) is 33.3. The third-order valence-electron chi connectivity index (χ3n) is 3.67. The number of amides is 1. The van der Waals surface area contributed by atoms with Crippen molar-refractivity contribution in [2.24, 2.45) is 0 Å². The largest absolute Gasteiger partial charge is 0.477 e. The number of piperidine rings is 1. The number of hydrogen-bond acceptors (Lipinski definition) is 7. The van der Waals surface area contributed by atoms with Crippen molar-refractivity contribution in [3.63, 3.8) is 0 Å². The second-order valence-electron chi connectivity index (χ2n) is 5.31. The van der Waals surface area contributed by atoms with E-state index < -0.39 is 0 Å². The van der Waals surface area contributed by atoms with Gasteiger partial charge in [-0.2, -0.15) is 5.10 Å². The maximum absolute atomic E-state index is 12.5. The number of nitrogens with one attached hydrogen (secondary N) is 1. The van der Waals surface area contributed by atoms with E-state index in [1.165, 1.54) is 31.6 Å². The highest BCUT2D eigenvalue weighted by molar-refractivity contribution is 5.92. The first-order valence-corrected chi connectivity index (χ1v) is 7.54. The van der Waals surface area contributed by atoms with Gasteiger partial charge in [0.2, 0.25) is 0 Å². The first kappa shape index (κ1) is 15.9. The van der Waals surface area contributed by atoms with Gasteiger partial charge in [0.15, 0.2) is 0 Å². The highest BCUT2D eigenvalue weighted by atomic mass is 16.5. The van der Waals surface area contributed by atoms with Gasteiger partial charge in [-0.3, -0.25) is 9.59 Å². The molecule has 1 N–H and O–H groups in total. The molecule has 0 bridgehead atoms. The van der Waals surface area contributed by atoms with Gasteiger partial charge < -0.3 is 14.4 Å². The zero-order valence-corrected chi connectivity index (χ0v) is 13.1. The molecule has 24 heavy (non-hydrogen) atoms. The minimum Gasteiger partial charge on any atom is -0.477 e. The predicted octanol–water partition coefficient (Wildman–Crippen LogP) is 0.252. The van der Waals surface area contributed by atoms with E-state index in [2.05, 4.69) is 20.2 Å². The SMILES string of the molecule is COc1nccnc1O[C@H]1CCCN(C(=O)c2ccc(=O)[nH]n2)C1. The van der Waals surface area contributed by atoms with Gasteiger partial charge in [-0.15, -0.1) is 0 Å². The lowest BCUT2D eigenvalue weighted by molar-refractivity contribution is 0.0513. The van der Waals surface area contributed by atoms with Crippen LogP contribution in [0.2, 0.25) is 0 Å². The Bertz CT molecular complexity index is 758. The van der Waals surface area contributed by atoms with Gasteiger partial charge in [0.25, 0.3) is 23.2 Å². The van der Waals surface area contributed by atoms with E-state index >= 15 is 0 Å². The van der Waals surface area contributed by atoms with Crippen LogP contribution in [0.4, 0.5) is 0 Å². The fourth-order valence-corrected chi connectivity index (χ4v) is 2.54. The van der Waals surface area contributed by atoms with E-state index in [1.807, 2.05) is 0 Å². The molecule has 0 aliphatic carbocycles. The first-order valence-electron chi connectivity index (χ1n) is 7.54. The number of carbonyl (C=O) groups is 1. The standard InChI is InChI=1S/C15H17N5O4/c1-23-13-14(17-7-6-16-13)24-10-3-2-8-20(9-10)15(22)11-4-5-12(21)19-18-11/h4-7,10H,2-3,8-9H2,1H3,(H,19,21)/t10-/m0/s1. The molecule has 1 aliphatic rings. The van der Waals surface area contributed by atoms with Crippen LogP contribution in [0.25, 0.3) is 0 Å². The normalized spacial score (nSPS) is 17.4. The van der Waals surface area contributed by atoms with Gasteiger partial charge in [-0.05, 0) is 18.9 Å². The smallest absolute Gasteiger partial charge is 0.278 e. The highest BCUT2D eigenvalue weighted by Crippen LogP contribution is 2.24. The maximum atomic E-state index is 12.5. The Morgan fingerprint density at radius 2 is 2.08 bits per heavy atom. The molecule has 1 fully saturated rings. The van der Waals surface area contributed by atoms with Crippen LogP contribution < -0.4 is 15.0 Å². The number of aromatic nitrogens is 4. The van der Waals surface area contributed by atoms with E-state index in [1.54, 1.807) is 4.90 Å². The van der Waals surface area contributed by atoms with Crippen LogP contribution in [-0.4, -0.2) is 57.3 Å². The third kappa shape index (κ3) is 3.50.